The average molecular weight is 263 g/mol. The monoisotopic (exact) mass is 263 g/mol. The Morgan fingerprint density at radius 2 is 1.95 bits per heavy atom. The van der Waals surface area contributed by atoms with Crippen molar-refractivity contribution in [3.63, 3.8) is 0 Å². The Morgan fingerprint density at radius 1 is 1.26 bits per heavy atom. The van der Waals surface area contributed by atoms with E-state index in [1.54, 1.807) is 12.1 Å². The molecule has 2 aromatic rings. The van der Waals surface area contributed by atoms with Gasteiger partial charge in [0, 0.05) is 0 Å². The van der Waals surface area contributed by atoms with Gasteiger partial charge >= 0.3 is 5.97 Å². The van der Waals surface area contributed by atoms with E-state index in [1.807, 2.05) is 6.92 Å². The maximum Gasteiger partial charge on any atom is 0.341 e. The van der Waals surface area contributed by atoms with Crippen molar-refractivity contribution in [3.8, 4) is 22.8 Å². The molecule has 2 rings (SSSR count). The second-order valence-electron chi connectivity index (χ2n) is 3.90. The molecule has 19 heavy (non-hydrogen) atoms. The molecule has 100 valence electrons. The standard InChI is InChI=1S/C13H13NO5/c1-7-4-11(18-3)8(5-10(7)17-2)12-9(13(15)16)6-14-19-12/h4-6H,1-3H3,(H,15,16). The molecule has 0 aliphatic heterocycles. The number of benzene rings is 1. The summed E-state index contributed by atoms with van der Waals surface area (Å²) >= 11 is 0. The summed E-state index contributed by atoms with van der Waals surface area (Å²) in [6.45, 7) is 1.86. The Balaban J connectivity index is 2.66. The van der Waals surface area contributed by atoms with E-state index < -0.39 is 5.97 Å². The van der Waals surface area contributed by atoms with E-state index >= 15 is 0 Å². The predicted octanol–water partition coefficient (Wildman–Crippen LogP) is 2.37. The minimum atomic E-state index is -1.11. The van der Waals surface area contributed by atoms with Crippen molar-refractivity contribution in [2.45, 2.75) is 6.92 Å². The molecule has 1 aromatic carbocycles. The van der Waals surface area contributed by atoms with E-state index in [-0.39, 0.29) is 11.3 Å². The van der Waals surface area contributed by atoms with Crippen LogP contribution in [0.15, 0.2) is 22.9 Å². The fourth-order valence-electron chi connectivity index (χ4n) is 1.81. The molecule has 0 bridgehead atoms. The molecule has 0 fully saturated rings. The zero-order valence-electron chi connectivity index (χ0n) is 10.8. The number of ether oxygens (including phenoxy) is 2. The number of nitrogens with zero attached hydrogens (tertiary/aromatic N) is 1. The summed E-state index contributed by atoms with van der Waals surface area (Å²) in [4.78, 5) is 11.1. The molecule has 1 aromatic heterocycles. The van der Waals surface area contributed by atoms with Gasteiger partial charge in [0.1, 0.15) is 17.1 Å². The number of aromatic nitrogens is 1. The molecule has 6 nitrogen and oxygen atoms in total. The van der Waals surface area contributed by atoms with Crippen LogP contribution in [0.5, 0.6) is 11.5 Å². The van der Waals surface area contributed by atoms with Crippen LogP contribution < -0.4 is 9.47 Å². The first-order valence-corrected chi connectivity index (χ1v) is 5.49. The van der Waals surface area contributed by atoms with E-state index in [0.29, 0.717) is 17.1 Å². The maximum absolute atomic E-state index is 11.1. The first-order chi connectivity index (χ1) is 9.08. The Labute approximate surface area is 109 Å². The quantitative estimate of drug-likeness (QED) is 0.911. The molecule has 0 saturated heterocycles. The summed E-state index contributed by atoms with van der Waals surface area (Å²) < 4.78 is 15.5. The lowest BCUT2D eigenvalue weighted by atomic mass is 10.0. The van der Waals surface area contributed by atoms with Crippen LogP contribution in [-0.4, -0.2) is 30.5 Å². The van der Waals surface area contributed by atoms with Crippen molar-refractivity contribution in [1.29, 1.82) is 0 Å². The van der Waals surface area contributed by atoms with Crippen LogP contribution in [0, 0.1) is 6.92 Å². The lowest BCUT2D eigenvalue weighted by Crippen LogP contribution is -1.98. The molecule has 0 unspecified atom stereocenters. The summed E-state index contributed by atoms with van der Waals surface area (Å²) in [5.74, 6) is 0.140. The molecular weight excluding hydrogens is 250 g/mol. The maximum atomic E-state index is 11.1. The highest BCUT2D eigenvalue weighted by molar-refractivity contribution is 5.95. The minimum Gasteiger partial charge on any atom is -0.496 e. The summed E-state index contributed by atoms with van der Waals surface area (Å²) in [6, 6.07) is 3.42. The zero-order chi connectivity index (χ0) is 14.0. The van der Waals surface area contributed by atoms with Crippen LogP contribution in [0.25, 0.3) is 11.3 Å². The van der Waals surface area contributed by atoms with Gasteiger partial charge in [-0.2, -0.15) is 0 Å². The van der Waals surface area contributed by atoms with Crippen LogP contribution in [0.2, 0.25) is 0 Å². The second kappa shape index (κ2) is 5.01. The number of carboxylic acids is 1. The Bertz CT molecular complexity index is 617. The third kappa shape index (κ3) is 2.24. The van der Waals surface area contributed by atoms with Gasteiger partial charge in [0.05, 0.1) is 26.0 Å². The molecule has 1 N–H and O–H groups in total. The summed E-state index contributed by atoms with van der Waals surface area (Å²) in [6.07, 6.45) is 1.16. The van der Waals surface area contributed by atoms with Crippen molar-refractivity contribution < 1.29 is 23.9 Å². The van der Waals surface area contributed by atoms with Gasteiger partial charge in [-0.3, -0.25) is 0 Å². The molecule has 6 heteroatoms. The largest absolute Gasteiger partial charge is 0.496 e. The van der Waals surface area contributed by atoms with E-state index in [1.165, 1.54) is 14.2 Å². The lowest BCUT2D eigenvalue weighted by Gasteiger charge is -2.11. The Kier molecular flexibility index (Phi) is 3.41. The van der Waals surface area contributed by atoms with E-state index in [9.17, 15) is 4.79 Å². The highest BCUT2D eigenvalue weighted by Gasteiger charge is 2.21. The second-order valence-corrected chi connectivity index (χ2v) is 3.90. The smallest absolute Gasteiger partial charge is 0.341 e. The zero-order valence-corrected chi connectivity index (χ0v) is 10.8. The molecule has 0 amide bonds. The highest BCUT2D eigenvalue weighted by atomic mass is 16.5. The first-order valence-electron chi connectivity index (χ1n) is 5.49. The van der Waals surface area contributed by atoms with Crippen molar-refractivity contribution in [3.05, 3.63) is 29.5 Å². The summed E-state index contributed by atoms with van der Waals surface area (Å²) in [5.41, 5.74) is 1.34. The third-order valence-corrected chi connectivity index (χ3v) is 2.76. The van der Waals surface area contributed by atoms with Crippen molar-refractivity contribution in [2.24, 2.45) is 0 Å². The number of carboxylic acid groups (broad SMARTS) is 1. The fraction of sp³-hybridized carbons (Fsp3) is 0.231. The summed E-state index contributed by atoms with van der Waals surface area (Å²) in [5, 5.41) is 12.6. The van der Waals surface area contributed by atoms with E-state index in [0.717, 1.165) is 11.8 Å². The SMILES string of the molecule is COc1cc(-c2oncc2C(=O)O)c(OC)cc1C. The number of hydrogen-bond donors (Lipinski definition) is 1. The van der Waals surface area contributed by atoms with Gasteiger partial charge in [-0.05, 0) is 24.6 Å². The molecule has 0 aliphatic rings. The van der Waals surface area contributed by atoms with Gasteiger partial charge in [0.15, 0.2) is 5.76 Å². The van der Waals surface area contributed by atoms with Gasteiger partial charge in [-0.1, -0.05) is 5.16 Å². The van der Waals surface area contributed by atoms with Crippen molar-refractivity contribution in [1.82, 2.24) is 5.16 Å². The fourth-order valence-corrected chi connectivity index (χ4v) is 1.81. The van der Waals surface area contributed by atoms with Crippen LogP contribution in [0.1, 0.15) is 15.9 Å². The normalized spacial score (nSPS) is 10.3. The van der Waals surface area contributed by atoms with Crippen LogP contribution in [-0.2, 0) is 0 Å². The van der Waals surface area contributed by atoms with Crippen LogP contribution in [0.3, 0.4) is 0 Å². The van der Waals surface area contributed by atoms with Gasteiger partial charge in [-0.25, -0.2) is 4.79 Å². The number of hydrogen-bond acceptors (Lipinski definition) is 5. The Hall–Kier alpha value is -2.50. The van der Waals surface area contributed by atoms with Gasteiger partial charge in [-0.15, -0.1) is 0 Å². The van der Waals surface area contributed by atoms with Crippen molar-refractivity contribution >= 4 is 5.97 Å². The number of aryl methyl sites for hydroxylation is 1. The van der Waals surface area contributed by atoms with Crippen LogP contribution in [0.4, 0.5) is 0 Å². The molecule has 0 aliphatic carbocycles. The third-order valence-electron chi connectivity index (χ3n) is 2.76. The van der Waals surface area contributed by atoms with Gasteiger partial charge < -0.3 is 19.1 Å². The number of carbonyl (C=O) groups is 1. The van der Waals surface area contributed by atoms with Crippen molar-refractivity contribution in [2.75, 3.05) is 14.2 Å². The van der Waals surface area contributed by atoms with E-state index in [2.05, 4.69) is 5.16 Å². The predicted molar refractivity (Wildman–Crippen MR) is 66.7 cm³/mol. The highest BCUT2D eigenvalue weighted by Crippen LogP contribution is 2.37. The topological polar surface area (TPSA) is 81.8 Å². The molecule has 0 atom stereocenters. The number of aromatic carboxylic acids is 1. The van der Waals surface area contributed by atoms with Crippen LogP contribution >= 0.6 is 0 Å². The molecule has 0 radical (unpaired) electrons. The van der Waals surface area contributed by atoms with E-state index in [4.69, 9.17) is 19.1 Å². The minimum absolute atomic E-state index is 0.0239. The molecule has 0 saturated carbocycles. The molecular formula is C13H13NO5. The van der Waals surface area contributed by atoms with Gasteiger partial charge in [0.2, 0.25) is 0 Å². The van der Waals surface area contributed by atoms with Gasteiger partial charge in [0.25, 0.3) is 0 Å². The first kappa shape index (κ1) is 12.9. The molecule has 1 heterocycles. The number of methoxy groups -OCH3 is 2. The summed E-state index contributed by atoms with van der Waals surface area (Å²) in [7, 11) is 3.04. The lowest BCUT2D eigenvalue weighted by molar-refractivity contribution is 0.0697. The Morgan fingerprint density at radius 3 is 2.53 bits per heavy atom. The molecule has 0 spiro atoms. The number of rotatable bonds is 4. The average Bonchev–Trinajstić information content (AvgIpc) is 2.87.